The van der Waals surface area contributed by atoms with Crippen LogP contribution in [0.4, 0.5) is 11.5 Å². The van der Waals surface area contributed by atoms with E-state index < -0.39 is 10.0 Å². The van der Waals surface area contributed by atoms with Crippen molar-refractivity contribution >= 4 is 21.5 Å². The molecule has 0 N–H and O–H groups in total. The van der Waals surface area contributed by atoms with E-state index in [4.69, 9.17) is 0 Å². The zero-order valence-electron chi connectivity index (χ0n) is 18.6. The van der Waals surface area contributed by atoms with Gasteiger partial charge in [-0.05, 0) is 42.3 Å². The van der Waals surface area contributed by atoms with Crippen LogP contribution in [0.2, 0.25) is 0 Å². The summed E-state index contributed by atoms with van der Waals surface area (Å²) in [6.07, 6.45) is 1.46. The molecule has 0 saturated heterocycles. The van der Waals surface area contributed by atoms with E-state index in [1.165, 1.54) is 10.5 Å². The lowest BCUT2D eigenvalue weighted by atomic mass is 10.1. The lowest BCUT2D eigenvalue weighted by Gasteiger charge is -2.25. The van der Waals surface area contributed by atoms with Gasteiger partial charge in [0, 0.05) is 25.8 Å². The normalized spacial score (nSPS) is 11.2. The van der Waals surface area contributed by atoms with Crippen LogP contribution in [0.1, 0.15) is 18.1 Å². The van der Waals surface area contributed by atoms with Crippen LogP contribution in [-0.2, 0) is 23.1 Å². The number of benzene rings is 3. The fourth-order valence-electron chi connectivity index (χ4n) is 3.75. The Bertz CT molecular complexity index is 1210. The first-order valence-corrected chi connectivity index (χ1v) is 12.4. The van der Waals surface area contributed by atoms with Crippen molar-refractivity contribution in [3.05, 3.63) is 120 Å². The highest BCUT2D eigenvalue weighted by molar-refractivity contribution is 7.92. The van der Waals surface area contributed by atoms with Crippen LogP contribution in [0.15, 0.2) is 114 Å². The molecule has 5 nitrogen and oxygen atoms in total. The van der Waals surface area contributed by atoms with Crippen LogP contribution in [0.3, 0.4) is 0 Å². The fourth-order valence-corrected chi connectivity index (χ4v) is 5.17. The fraction of sp³-hybridized carbons (Fsp3) is 0.148. The van der Waals surface area contributed by atoms with Crippen molar-refractivity contribution in [2.75, 3.05) is 15.7 Å². The summed E-state index contributed by atoms with van der Waals surface area (Å²) in [7, 11) is -3.71. The molecule has 0 atom stereocenters. The van der Waals surface area contributed by atoms with E-state index in [0.717, 1.165) is 16.9 Å². The summed E-state index contributed by atoms with van der Waals surface area (Å²) in [5.74, 6) is 0.726. The number of anilines is 2. The molecule has 0 aliphatic heterocycles. The molecule has 6 heteroatoms. The maximum atomic E-state index is 13.3. The van der Waals surface area contributed by atoms with Gasteiger partial charge in [-0.3, -0.25) is 4.31 Å². The Labute approximate surface area is 196 Å². The third-order valence-electron chi connectivity index (χ3n) is 5.40. The molecule has 0 saturated carbocycles. The first kappa shape index (κ1) is 22.6. The molecule has 1 heterocycles. The number of para-hydroxylation sites is 1. The van der Waals surface area contributed by atoms with Gasteiger partial charge in [-0.25, -0.2) is 13.4 Å². The van der Waals surface area contributed by atoms with Crippen LogP contribution < -0.4 is 9.21 Å². The largest absolute Gasteiger partial charge is 0.348 e. The molecule has 0 spiro atoms. The second-order valence-corrected chi connectivity index (χ2v) is 9.55. The van der Waals surface area contributed by atoms with Gasteiger partial charge >= 0.3 is 0 Å². The molecule has 4 rings (SSSR count). The van der Waals surface area contributed by atoms with Crippen molar-refractivity contribution in [3.8, 4) is 0 Å². The molecule has 0 bridgehead atoms. The number of hydrogen-bond acceptors (Lipinski definition) is 4. The lowest BCUT2D eigenvalue weighted by Crippen LogP contribution is -2.31. The molecule has 0 aliphatic rings. The zero-order chi connectivity index (χ0) is 23.1. The third kappa shape index (κ3) is 5.41. The predicted octanol–water partition coefficient (Wildman–Crippen LogP) is 5.50. The molecule has 0 radical (unpaired) electrons. The minimum absolute atomic E-state index is 0.177. The van der Waals surface area contributed by atoms with Gasteiger partial charge in [0.15, 0.2) is 0 Å². The highest BCUT2D eigenvalue weighted by Crippen LogP contribution is 2.25. The van der Waals surface area contributed by atoms with Gasteiger partial charge in [0.1, 0.15) is 10.7 Å². The summed E-state index contributed by atoms with van der Waals surface area (Å²) in [6, 6.07) is 32.9. The second-order valence-electron chi connectivity index (χ2n) is 7.68. The number of sulfonamides is 1. The SMILES string of the molecule is CCN(c1ccccc1)S(=O)(=O)c1ccc(N(Cc2ccccc2)Cc2ccccc2)nc1. The molecular formula is C27H27N3O2S. The van der Waals surface area contributed by atoms with E-state index in [-0.39, 0.29) is 4.90 Å². The van der Waals surface area contributed by atoms with Crippen LogP contribution in [0.5, 0.6) is 0 Å². The second kappa shape index (κ2) is 10.3. The van der Waals surface area contributed by atoms with Crippen molar-refractivity contribution in [1.29, 1.82) is 0 Å². The van der Waals surface area contributed by atoms with Gasteiger partial charge in [0.2, 0.25) is 0 Å². The van der Waals surface area contributed by atoms with E-state index >= 15 is 0 Å². The minimum Gasteiger partial charge on any atom is -0.348 e. The quantitative estimate of drug-likeness (QED) is 0.333. The molecule has 4 aromatic rings. The first-order valence-electron chi connectivity index (χ1n) is 10.9. The average molecular weight is 458 g/mol. The number of aromatic nitrogens is 1. The highest BCUT2D eigenvalue weighted by Gasteiger charge is 2.24. The molecular weight excluding hydrogens is 430 g/mol. The first-order chi connectivity index (χ1) is 16.1. The Hall–Kier alpha value is -3.64. The predicted molar refractivity (Wildman–Crippen MR) is 134 cm³/mol. The average Bonchev–Trinajstić information content (AvgIpc) is 2.86. The van der Waals surface area contributed by atoms with E-state index in [1.807, 2.05) is 61.5 Å². The van der Waals surface area contributed by atoms with Gasteiger partial charge in [-0.1, -0.05) is 78.9 Å². The van der Waals surface area contributed by atoms with E-state index in [0.29, 0.717) is 25.3 Å². The van der Waals surface area contributed by atoms with E-state index in [2.05, 4.69) is 34.1 Å². The lowest BCUT2D eigenvalue weighted by molar-refractivity contribution is 0.591. The molecule has 0 unspecified atom stereocenters. The van der Waals surface area contributed by atoms with E-state index in [9.17, 15) is 8.42 Å². The molecule has 0 fully saturated rings. The summed E-state index contributed by atoms with van der Waals surface area (Å²) in [4.78, 5) is 6.89. The zero-order valence-corrected chi connectivity index (χ0v) is 19.4. The Morgan fingerprint density at radius 2 is 1.21 bits per heavy atom. The Morgan fingerprint density at radius 3 is 1.67 bits per heavy atom. The van der Waals surface area contributed by atoms with Crippen molar-refractivity contribution < 1.29 is 8.42 Å². The number of pyridine rings is 1. The number of rotatable bonds is 9. The maximum Gasteiger partial charge on any atom is 0.265 e. The molecule has 3 aromatic carbocycles. The summed E-state index contributed by atoms with van der Waals surface area (Å²) in [5, 5.41) is 0. The smallest absolute Gasteiger partial charge is 0.265 e. The monoisotopic (exact) mass is 457 g/mol. The summed E-state index contributed by atoms with van der Waals surface area (Å²) in [5.41, 5.74) is 2.96. The number of nitrogens with zero attached hydrogens (tertiary/aromatic N) is 3. The summed E-state index contributed by atoms with van der Waals surface area (Å²) < 4.78 is 28.0. The third-order valence-corrected chi connectivity index (χ3v) is 7.28. The number of hydrogen-bond donors (Lipinski definition) is 0. The van der Waals surface area contributed by atoms with Crippen LogP contribution in [0.25, 0.3) is 0 Å². The maximum absolute atomic E-state index is 13.3. The van der Waals surface area contributed by atoms with Gasteiger partial charge in [0.05, 0.1) is 5.69 Å². The molecule has 168 valence electrons. The van der Waals surface area contributed by atoms with Gasteiger partial charge in [-0.15, -0.1) is 0 Å². The van der Waals surface area contributed by atoms with E-state index in [1.54, 1.807) is 24.3 Å². The molecule has 1 aromatic heterocycles. The Morgan fingerprint density at radius 1 is 0.697 bits per heavy atom. The Kier molecular flexibility index (Phi) is 7.05. The van der Waals surface area contributed by atoms with Gasteiger partial charge in [0.25, 0.3) is 10.0 Å². The van der Waals surface area contributed by atoms with Crippen LogP contribution in [0, 0.1) is 0 Å². The minimum atomic E-state index is -3.71. The summed E-state index contributed by atoms with van der Waals surface area (Å²) in [6.45, 7) is 3.50. The van der Waals surface area contributed by atoms with Crippen molar-refractivity contribution in [1.82, 2.24) is 4.98 Å². The standard InChI is InChI=1S/C27H27N3O2S/c1-2-30(25-16-10-5-11-17-25)33(31,32)26-18-19-27(28-20-26)29(21-23-12-6-3-7-13-23)22-24-14-8-4-9-15-24/h3-20H,2,21-22H2,1H3. The topological polar surface area (TPSA) is 53.5 Å². The Balaban J connectivity index is 1.62. The highest BCUT2D eigenvalue weighted by atomic mass is 32.2. The van der Waals surface area contributed by atoms with Crippen LogP contribution >= 0.6 is 0 Å². The van der Waals surface area contributed by atoms with Crippen molar-refractivity contribution in [3.63, 3.8) is 0 Å². The van der Waals surface area contributed by atoms with Crippen molar-refractivity contribution in [2.24, 2.45) is 0 Å². The molecule has 0 aliphatic carbocycles. The van der Waals surface area contributed by atoms with Crippen LogP contribution in [-0.4, -0.2) is 19.9 Å². The van der Waals surface area contributed by atoms with Gasteiger partial charge < -0.3 is 4.90 Å². The van der Waals surface area contributed by atoms with Crippen molar-refractivity contribution in [2.45, 2.75) is 24.9 Å². The van der Waals surface area contributed by atoms with Gasteiger partial charge in [-0.2, -0.15) is 0 Å². The molecule has 33 heavy (non-hydrogen) atoms. The molecule has 0 amide bonds. The summed E-state index contributed by atoms with van der Waals surface area (Å²) >= 11 is 0.